The molecule has 0 atom stereocenters. The van der Waals surface area contributed by atoms with Gasteiger partial charge in [0.05, 0.1) is 20.6 Å². The maximum Gasteiger partial charge on any atom is 0.136 e. The summed E-state index contributed by atoms with van der Waals surface area (Å²) in [7, 11) is 0. The van der Waals surface area contributed by atoms with Gasteiger partial charge in [-0.1, -0.05) is 364 Å². The lowest BCUT2D eigenvalue weighted by molar-refractivity contribution is 0.668. The maximum absolute atomic E-state index is 8.86. The fourth-order valence-electron chi connectivity index (χ4n) is 17.5. The molecule has 0 aliphatic rings. The number of hydrogen-bond acceptors (Lipinski definition) is 3. The van der Waals surface area contributed by atoms with E-state index in [1.807, 2.05) is 206 Å². The summed E-state index contributed by atoms with van der Waals surface area (Å²) in [5.41, 5.74) is 18.2. The van der Waals surface area contributed by atoms with Crippen molar-refractivity contribution in [2.45, 2.75) is 0 Å². The Hall–Kier alpha value is -15.2. The minimum atomic E-state index is -0.398. The quantitative estimate of drug-likeness (QED) is 0.142. The smallest absolute Gasteiger partial charge is 0.136 e. The van der Waals surface area contributed by atoms with Crippen molar-refractivity contribution >= 4 is 141 Å². The van der Waals surface area contributed by atoms with Crippen LogP contribution in [-0.2, 0) is 0 Å². The average Bonchev–Trinajstić information content (AvgIpc) is 0.910. The molecule has 0 saturated heterocycles. The van der Waals surface area contributed by atoms with Gasteiger partial charge in [0.25, 0.3) is 0 Å². The molecule has 0 radical (unpaired) electrons. The van der Waals surface area contributed by atoms with Crippen LogP contribution in [0.5, 0.6) is 0 Å². The first-order chi connectivity index (χ1) is 63.3. The van der Waals surface area contributed by atoms with Gasteiger partial charge in [0.2, 0.25) is 0 Å². The van der Waals surface area contributed by atoms with E-state index in [4.69, 9.17) is 33.8 Å². The van der Waals surface area contributed by atoms with Crippen molar-refractivity contribution in [2.75, 3.05) is 0 Å². The summed E-state index contributed by atoms with van der Waals surface area (Å²) in [4.78, 5) is 0. The van der Waals surface area contributed by atoms with Crippen LogP contribution in [0, 0.1) is 0 Å². The predicted octanol–water partition coefficient (Wildman–Crippen LogP) is 32.2. The topological polar surface area (TPSA) is 39.4 Å². The number of benzene rings is 21. The van der Waals surface area contributed by atoms with E-state index in [1.54, 1.807) is 0 Å². The van der Waals surface area contributed by atoms with Gasteiger partial charge in [0.15, 0.2) is 0 Å². The Bertz CT molecular complexity index is 8700. The highest BCUT2D eigenvalue weighted by molar-refractivity contribution is 6.27. The third kappa shape index (κ3) is 11.4. The second kappa shape index (κ2) is 28.0. The zero-order valence-electron chi connectivity index (χ0n) is 76.5. The molecule has 0 spiro atoms. The lowest BCUT2D eigenvalue weighted by atomic mass is 9.84. The Morgan fingerprint density at radius 3 is 0.783 bits per heavy atom. The van der Waals surface area contributed by atoms with Gasteiger partial charge in [-0.2, -0.15) is 0 Å². The van der Waals surface area contributed by atoms with Crippen LogP contribution in [0.2, 0.25) is 0 Å². The summed E-state index contributed by atoms with van der Waals surface area (Å²) in [6, 6.07) is 107. The van der Waals surface area contributed by atoms with E-state index >= 15 is 0 Å². The summed E-state index contributed by atoms with van der Waals surface area (Å²) in [5, 5.41) is 19.1. The van der Waals surface area contributed by atoms with Crippen molar-refractivity contribution in [3.05, 3.63) is 424 Å². The van der Waals surface area contributed by atoms with Gasteiger partial charge in [-0.25, -0.2) is 0 Å². The van der Waals surface area contributed by atoms with Gasteiger partial charge in [-0.3, -0.25) is 0 Å². The Labute approximate surface area is 684 Å². The van der Waals surface area contributed by atoms with Crippen LogP contribution in [0.3, 0.4) is 0 Å². The summed E-state index contributed by atoms with van der Waals surface area (Å²) < 4.78 is 146. The Morgan fingerprint density at radius 2 is 0.400 bits per heavy atom. The zero-order valence-corrected chi connectivity index (χ0v) is 61.5. The van der Waals surface area contributed by atoms with Crippen molar-refractivity contribution in [1.29, 1.82) is 0 Å². The summed E-state index contributed by atoms with van der Waals surface area (Å²) in [6.07, 6.45) is 0. The molecule has 3 aromatic heterocycles. The lowest BCUT2D eigenvalue weighted by Gasteiger charge is -2.19. The zero-order chi connectivity index (χ0) is 88.9. The largest absolute Gasteiger partial charge is 0.456 e. The first kappa shape index (κ1) is 52.9. The molecule has 24 rings (SSSR count). The number of rotatable bonds is 8. The van der Waals surface area contributed by atoms with Crippen LogP contribution in [0.15, 0.2) is 438 Å². The van der Waals surface area contributed by atoms with E-state index in [2.05, 4.69) is 127 Å². The molecule has 3 heterocycles. The van der Waals surface area contributed by atoms with Gasteiger partial charge >= 0.3 is 0 Å². The molecule has 0 N–H and O–H groups in total. The van der Waals surface area contributed by atoms with Gasteiger partial charge in [-0.05, 0) is 225 Å². The molecule has 0 fully saturated rings. The van der Waals surface area contributed by atoms with E-state index in [-0.39, 0.29) is 89.2 Å². The van der Waals surface area contributed by atoms with Crippen molar-refractivity contribution in [1.82, 2.24) is 0 Å². The fraction of sp³-hybridized carbons (Fsp3) is 0. The number of furan rings is 3. The van der Waals surface area contributed by atoms with Gasteiger partial charge in [0, 0.05) is 32.3 Å². The van der Waals surface area contributed by atoms with Crippen molar-refractivity contribution in [3.63, 3.8) is 0 Å². The first-order valence-corrected chi connectivity index (χ1v) is 38.2. The third-order valence-electron chi connectivity index (χ3n) is 22.5. The standard InChI is InChI=1S/C42H26O.C38H24O.C32H20O/c1-2-12-27(13-3-1)41-33-17-6-8-19-35(33)42(36-20-9-7-18-34(36)41)37-24-23-29(30-14-4-5-15-31(30)37)28-22-25-40-38(26-28)32-16-10-11-21-39(32)43-40;1-3-11-25(12-4-1)27-19-21-29-34-23-28(20-22-35(34)39-36(29)24-27)38-32-17-9-7-15-30(32)37(26-13-5-2-6-14-26)31-16-8-10-18-33(31)38;1-2-10-21(11-3-1)31-24-13-4-6-15-26(24)32(27-16-7-5-14-25(27)31)22-18-19-30-28(20-22)23-12-8-9-17-29(23)33-30/h1-26H;1-24H;1-20H/i1D,2D,3D,12D,13D;2D,5D,6D,13D,14D;1D,2D,3D,10D,11D. The predicted molar refractivity (Wildman–Crippen MR) is 487 cm³/mol. The second-order valence-electron chi connectivity index (χ2n) is 28.7. The molecule has 0 saturated carbocycles. The average molecular weight is 1480 g/mol. The van der Waals surface area contributed by atoms with E-state index < -0.39 is 18.1 Å². The molecule has 21 aromatic carbocycles. The Morgan fingerprint density at radius 1 is 0.139 bits per heavy atom. The maximum atomic E-state index is 8.86. The SMILES string of the molecule is [2H]c1c([2H])c([2H])c(-c2c3ccccc3c(-c3ccc(-c4ccc5oc6ccccc6c5c4)c4ccccc34)c3ccccc23)c([2H])c1[2H].[2H]c1c([2H])c([2H])c(-c2c3ccccc3c(-c3ccc4oc5cc(-c6ccccc6)ccc5c4c3)c3ccccc23)c([2H])c1[2H].[2H]c1c([2H])c([2H])c(-c2c3ccccc3c(-c3ccc4oc5ccccc5c4c3)c3ccccc23)c([2H])c1[2H]. The summed E-state index contributed by atoms with van der Waals surface area (Å²) in [5.74, 6) is 0. The number of para-hydroxylation sites is 2. The minimum absolute atomic E-state index is 0.203. The molecule has 115 heavy (non-hydrogen) atoms. The van der Waals surface area contributed by atoms with E-state index in [1.165, 1.54) is 0 Å². The molecule has 536 valence electrons. The molecule has 0 amide bonds. The van der Waals surface area contributed by atoms with Gasteiger partial charge in [0.1, 0.15) is 33.5 Å². The van der Waals surface area contributed by atoms with Crippen LogP contribution in [-0.4, -0.2) is 0 Å². The highest BCUT2D eigenvalue weighted by Crippen LogP contribution is 2.50. The van der Waals surface area contributed by atoms with Crippen molar-refractivity contribution in [2.24, 2.45) is 0 Å². The molecule has 0 unspecified atom stereocenters. The molecule has 3 nitrogen and oxygen atoms in total. The van der Waals surface area contributed by atoms with Crippen molar-refractivity contribution in [3.8, 4) is 89.0 Å². The van der Waals surface area contributed by atoms with Crippen LogP contribution >= 0.6 is 0 Å². The fourth-order valence-corrected chi connectivity index (χ4v) is 17.5. The van der Waals surface area contributed by atoms with Crippen LogP contribution in [0.1, 0.15) is 20.6 Å². The molecule has 0 aliphatic heterocycles. The highest BCUT2D eigenvalue weighted by atomic mass is 16.3. The summed E-state index contributed by atoms with van der Waals surface area (Å²) in [6.45, 7) is 0. The van der Waals surface area contributed by atoms with Crippen LogP contribution in [0.25, 0.3) is 230 Å². The highest BCUT2D eigenvalue weighted by Gasteiger charge is 2.24. The number of hydrogen-bond donors (Lipinski definition) is 0. The summed E-state index contributed by atoms with van der Waals surface area (Å²) >= 11 is 0. The second-order valence-corrected chi connectivity index (χ2v) is 28.7. The minimum Gasteiger partial charge on any atom is -0.456 e. The molecular formula is C112H70O3. The van der Waals surface area contributed by atoms with Crippen LogP contribution in [0.4, 0.5) is 0 Å². The Balaban J connectivity index is 0.000000115. The van der Waals surface area contributed by atoms with Gasteiger partial charge < -0.3 is 13.3 Å². The van der Waals surface area contributed by atoms with E-state index in [0.29, 0.717) is 16.7 Å². The monoisotopic (exact) mass is 1480 g/mol. The van der Waals surface area contributed by atoms with Crippen molar-refractivity contribution < 1.29 is 33.8 Å². The van der Waals surface area contributed by atoms with Crippen LogP contribution < -0.4 is 0 Å². The molecular weight excluding hydrogens is 1390 g/mol. The molecule has 24 aromatic rings. The van der Waals surface area contributed by atoms with E-state index in [0.717, 1.165) is 197 Å². The normalized spacial score (nSPS) is 13.5. The van der Waals surface area contributed by atoms with Gasteiger partial charge in [-0.15, -0.1) is 0 Å². The third-order valence-corrected chi connectivity index (χ3v) is 22.5. The molecule has 3 heteroatoms. The Kier molecular flexibility index (Phi) is 12.9. The first-order valence-electron chi connectivity index (χ1n) is 45.7. The molecule has 0 bridgehead atoms. The lowest BCUT2D eigenvalue weighted by Crippen LogP contribution is -1.92. The molecule has 0 aliphatic carbocycles. The van der Waals surface area contributed by atoms with E-state index in [9.17, 15) is 0 Å². The number of fused-ring (bicyclic) bond motifs is 16.